The molecule has 17 heteroatoms. The number of nitrogens with zero attached hydrogens (tertiary/aromatic N) is 6. The number of aromatic nitrogens is 5. The molecule has 0 atom stereocenters. The van der Waals surface area contributed by atoms with Crippen molar-refractivity contribution < 1.29 is 58.7 Å². The predicted molar refractivity (Wildman–Crippen MR) is 218 cm³/mol. The molecule has 0 saturated heterocycles. The Balaban J connectivity index is 0.000000680. The molecule has 7 rings (SSSR count). The second-order valence-corrected chi connectivity index (χ2v) is 16.4. The van der Waals surface area contributed by atoms with Gasteiger partial charge in [-0.1, -0.05) is 66.7 Å². The first-order valence-corrected chi connectivity index (χ1v) is 21.2. The molecule has 5 aromatic heterocycles. The number of alkyl halides is 3. The van der Waals surface area contributed by atoms with Crippen molar-refractivity contribution in [3.63, 3.8) is 0 Å². The number of hydrogen-bond acceptors (Lipinski definition) is 8. The zero-order chi connectivity index (χ0) is 42.5. The Labute approximate surface area is 366 Å². The molecule has 0 radical (unpaired) electrons. The molecular formula is C44H51F3FeN8O4S. The van der Waals surface area contributed by atoms with Crippen LogP contribution in [0.15, 0.2) is 91.3 Å². The topological polar surface area (TPSA) is 206 Å². The zero-order valence-corrected chi connectivity index (χ0v) is 36.2. The van der Waals surface area contributed by atoms with Crippen LogP contribution in [-0.4, -0.2) is 63.4 Å². The standard InChI is InChI=1S/C41H45N7.C2H3N.CHF3O3S.Fe.H2O/c1-40(34-18-9-11-26-42-34,35-19-10-12-27-43-35)36-20-13-21-37(48-36)41(2,38-24-22-32(46-38)28-44-30-14-5-3-6-15-30)39-25-23-33(47-39)29-45-31-16-7-4-8-17-31;1-2-3;2-1(3,4)8(5,6)7;;/h9-13,18-31H,3-8,14-17H2,1-2H3;1H3;(H,5,6,7);;1H2/q-2;;;+2;. The van der Waals surface area contributed by atoms with Crippen LogP contribution < -0.4 is 20.0 Å². The minimum atomic E-state index is -6.09. The van der Waals surface area contributed by atoms with Crippen molar-refractivity contribution in [2.75, 3.05) is 0 Å². The van der Waals surface area contributed by atoms with Crippen molar-refractivity contribution in [2.24, 2.45) is 0 Å². The summed E-state index contributed by atoms with van der Waals surface area (Å²) in [7, 11) is -6.09. The van der Waals surface area contributed by atoms with E-state index in [2.05, 4.69) is 90.9 Å². The molecule has 0 aromatic carbocycles. The first kappa shape index (κ1) is 50.4. The van der Waals surface area contributed by atoms with Crippen molar-refractivity contribution in [2.45, 2.75) is 113 Å². The van der Waals surface area contributed by atoms with Crippen LogP contribution >= 0.6 is 0 Å². The van der Waals surface area contributed by atoms with E-state index in [-0.39, 0.29) is 22.5 Å². The summed E-state index contributed by atoms with van der Waals surface area (Å²) in [6.07, 6.45) is 20.6. The fourth-order valence-corrected chi connectivity index (χ4v) is 7.51. The molecule has 0 spiro atoms. The molecule has 0 amide bonds. The summed E-state index contributed by atoms with van der Waals surface area (Å²) in [5.41, 5.74) is 0.219. The maximum Gasteiger partial charge on any atom is 2.00 e. The molecule has 61 heavy (non-hydrogen) atoms. The number of pyridine rings is 3. The van der Waals surface area contributed by atoms with E-state index in [1.165, 1.54) is 71.1 Å². The van der Waals surface area contributed by atoms with Crippen LogP contribution in [0.3, 0.4) is 0 Å². The van der Waals surface area contributed by atoms with Crippen LogP contribution in [-0.2, 0) is 38.0 Å². The molecule has 5 aromatic rings. The second kappa shape index (κ2) is 22.7. The molecule has 0 unspecified atom stereocenters. The molecule has 2 fully saturated rings. The van der Waals surface area contributed by atoms with Gasteiger partial charge in [-0.15, -0.1) is 11.4 Å². The monoisotopic (exact) mass is 900 g/mol. The maximum absolute atomic E-state index is 10.7. The fraction of sp³-hybridized carbons (Fsp3) is 0.409. The van der Waals surface area contributed by atoms with Crippen molar-refractivity contribution >= 4 is 22.5 Å². The van der Waals surface area contributed by atoms with Crippen LogP contribution in [0.4, 0.5) is 13.2 Å². The van der Waals surface area contributed by atoms with Crippen LogP contribution in [0.1, 0.15) is 131 Å². The smallest absolute Gasteiger partial charge is 0.870 e. The van der Waals surface area contributed by atoms with E-state index in [1.807, 2.05) is 36.7 Å². The number of hydrogen-bond donors (Lipinski definition) is 2. The number of nitriles is 1. The molecule has 0 aliphatic heterocycles. The Morgan fingerprint density at radius 2 is 1.07 bits per heavy atom. The van der Waals surface area contributed by atoms with Gasteiger partial charge >= 0.3 is 22.6 Å². The van der Waals surface area contributed by atoms with E-state index < -0.39 is 26.5 Å². The summed E-state index contributed by atoms with van der Waals surface area (Å²) in [6.45, 7) is 5.80. The largest absolute Gasteiger partial charge is 2.00 e. The van der Waals surface area contributed by atoms with Crippen LogP contribution in [0.2, 0.25) is 0 Å². The van der Waals surface area contributed by atoms with Crippen LogP contribution in [0.25, 0.3) is 0 Å². The van der Waals surface area contributed by atoms with Gasteiger partial charge in [-0.05, 0) is 75.9 Å². The van der Waals surface area contributed by atoms with Gasteiger partial charge in [-0.3, -0.25) is 15.0 Å². The molecule has 2 aliphatic rings. The molecule has 2 saturated carbocycles. The average Bonchev–Trinajstić information content (AvgIpc) is 3.94. The van der Waals surface area contributed by atoms with E-state index >= 15 is 0 Å². The van der Waals surface area contributed by atoms with E-state index in [4.69, 9.17) is 43.2 Å². The molecular weight excluding hydrogens is 849 g/mol. The van der Waals surface area contributed by atoms with Gasteiger partial charge < -0.3 is 20.0 Å². The molecule has 5 heterocycles. The SMILES string of the molecule is CC#N.CC(c1ccccn1)(c1ccccn1)c1cccc(C(C)(c2ccc(C=[NH+]C3CCCCC3)[n-]2)c2ccc(C=[NH+]C3CCCCC3)[n-]2)n1.O=S(=O)([O-])C(F)(F)F.[Fe+2].[OH-]. The first-order chi connectivity index (χ1) is 28.2. The summed E-state index contributed by atoms with van der Waals surface area (Å²) < 4.78 is 58.9. The second-order valence-electron chi connectivity index (χ2n) is 15.0. The molecule has 326 valence electrons. The maximum atomic E-state index is 10.7. The van der Waals surface area contributed by atoms with E-state index in [1.54, 1.807) is 6.07 Å². The number of rotatable bonds is 10. The summed E-state index contributed by atoms with van der Waals surface area (Å²) in [5, 5.41) is 7.32. The van der Waals surface area contributed by atoms with E-state index in [0.717, 1.165) is 45.6 Å². The van der Waals surface area contributed by atoms with Gasteiger partial charge in [0.2, 0.25) is 0 Å². The molecule has 2 aliphatic carbocycles. The molecule has 3 N–H and O–H groups in total. The van der Waals surface area contributed by atoms with Crippen molar-refractivity contribution in [1.82, 2.24) is 24.9 Å². The van der Waals surface area contributed by atoms with Gasteiger partial charge in [0.25, 0.3) is 0 Å². The third-order valence-electron chi connectivity index (χ3n) is 10.9. The molecule has 0 bridgehead atoms. The van der Waals surface area contributed by atoms with E-state index in [0.29, 0.717) is 12.1 Å². The third kappa shape index (κ3) is 12.8. The Morgan fingerprint density at radius 1 is 0.689 bits per heavy atom. The number of nitrogens with one attached hydrogen (secondary N) is 2. The summed E-state index contributed by atoms with van der Waals surface area (Å²) in [6, 6.07) is 29.6. The third-order valence-corrected chi connectivity index (χ3v) is 11.5. The fourth-order valence-electron chi connectivity index (χ4n) is 7.51. The Hall–Kier alpha value is -4.98. The first-order valence-electron chi connectivity index (χ1n) is 19.8. The van der Waals surface area contributed by atoms with Crippen LogP contribution in [0, 0.1) is 11.3 Å². The van der Waals surface area contributed by atoms with Crippen molar-refractivity contribution in [3.05, 3.63) is 137 Å². The number of halogens is 3. The van der Waals surface area contributed by atoms with Gasteiger partial charge in [0.1, 0.15) is 12.4 Å². The summed E-state index contributed by atoms with van der Waals surface area (Å²) in [4.78, 5) is 32.8. The summed E-state index contributed by atoms with van der Waals surface area (Å²) in [5.74, 6) is 0. The van der Waals surface area contributed by atoms with Crippen LogP contribution in [0.5, 0.6) is 0 Å². The van der Waals surface area contributed by atoms with Crippen molar-refractivity contribution in [3.8, 4) is 6.07 Å². The normalized spacial score (nSPS) is 16.2. The quantitative estimate of drug-likeness (QED) is 0.0865. The van der Waals surface area contributed by atoms with Gasteiger partial charge in [-0.2, -0.15) is 18.4 Å². The van der Waals surface area contributed by atoms with Crippen molar-refractivity contribution in [1.29, 1.82) is 5.26 Å². The molecule has 12 nitrogen and oxygen atoms in total. The van der Waals surface area contributed by atoms with Gasteiger partial charge in [0.15, 0.2) is 22.2 Å². The minimum Gasteiger partial charge on any atom is -0.870 e. The Bertz CT molecular complexity index is 2200. The average molecular weight is 901 g/mol. The van der Waals surface area contributed by atoms with Gasteiger partial charge in [-0.25, -0.2) is 18.4 Å². The summed E-state index contributed by atoms with van der Waals surface area (Å²) >= 11 is 0. The Kier molecular flexibility index (Phi) is 18.8. The minimum absolute atomic E-state index is 0. The van der Waals surface area contributed by atoms with E-state index in [9.17, 15) is 13.2 Å². The van der Waals surface area contributed by atoms with Gasteiger partial charge in [0.05, 0.1) is 34.3 Å². The Morgan fingerprint density at radius 3 is 1.43 bits per heavy atom. The zero-order valence-electron chi connectivity index (χ0n) is 34.3. The van der Waals surface area contributed by atoms with Gasteiger partial charge in [0, 0.05) is 50.4 Å². The predicted octanol–water partition coefficient (Wildman–Crippen LogP) is 4.56.